The lowest BCUT2D eigenvalue weighted by Gasteiger charge is -2.25. The first-order chi connectivity index (χ1) is 5.77. The minimum Gasteiger partial charge on any atom is -0.304 e. The number of anilines is 2. The van der Waals surface area contributed by atoms with Gasteiger partial charge >= 0.3 is 6.03 Å². The standard InChI is InChI=1S/C7H7N3O2/c11-7-8-5-3-1-2-4-6(5)10(12)9-7/h1-4,12H,(H2,8,9,11). The van der Waals surface area contributed by atoms with Crippen LogP contribution in [0.5, 0.6) is 0 Å². The molecule has 0 saturated heterocycles. The summed E-state index contributed by atoms with van der Waals surface area (Å²) in [5.74, 6) is 0. The van der Waals surface area contributed by atoms with Crippen molar-refractivity contribution in [1.82, 2.24) is 5.43 Å². The van der Waals surface area contributed by atoms with Crippen LogP contribution in [0.2, 0.25) is 0 Å². The lowest BCUT2D eigenvalue weighted by Crippen LogP contribution is -2.46. The maximum Gasteiger partial charge on any atom is 0.340 e. The Morgan fingerprint density at radius 2 is 2.08 bits per heavy atom. The van der Waals surface area contributed by atoms with Gasteiger partial charge in [0.15, 0.2) is 0 Å². The van der Waals surface area contributed by atoms with E-state index in [-0.39, 0.29) is 0 Å². The topological polar surface area (TPSA) is 64.6 Å². The second kappa shape index (κ2) is 2.38. The van der Waals surface area contributed by atoms with E-state index in [9.17, 15) is 10.0 Å². The highest BCUT2D eigenvalue weighted by atomic mass is 16.5. The summed E-state index contributed by atoms with van der Waals surface area (Å²) in [6.45, 7) is 0. The zero-order valence-electron chi connectivity index (χ0n) is 6.11. The van der Waals surface area contributed by atoms with Gasteiger partial charge in [-0.05, 0) is 12.1 Å². The van der Waals surface area contributed by atoms with E-state index in [0.717, 1.165) is 0 Å². The predicted molar refractivity (Wildman–Crippen MR) is 42.9 cm³/mol. The van der Waals surface area contributed by atoms with Gasteiger partial charge in [-0.3, -0.25) is 5.21 Å². The van der Waals surface area contributed by atoms with Crippen molar-refractivity contribution >= 4 is 17.4 Å². The van der Waals surface area contributed by atoms with E-state index in [2.05, 4.69) is 10.7 Å². The van der Waals surface area contributed by atoms with Crippen molar-refractivity contribution in [2.45, 2.75) is 0 Å². The van der Waals surface area contributed by atoms with Crippen LogP contribution in [0.3, 0.4) is 0 Å². The summed E-state index contributed by atoms with van der Waals surface area (Å²) in [4.78, 5) is 10.8. The molecule has 1 aromatic carbocycles. The number of hydrazine groups is 1. The molecule has 0 radical (unpaired) electrons. The molecule has 62 valence electrons. The fraction of sp³-hybridized carbons (Fsp3) is 0. The highest BCUT2D eigenvalue weighted by Gasteiger charge is 2.18. The van der Waals surface area contributed by atoms with Crippen LogP contribution in [0.25, 0.3) is 0 Å². The molecule has 0 bridgehead atoms. The molecule has 1 aliphatic rings. The van der Waals surface area contributed by atoms with Crippen LogP contribution in [0.15, 0.2) is 24.3 Å². The molecule has 2 amide bonds. The normalized spacial score (nSPS) is 14.8. The summed E-state index contributed by atoms with van der Waals surface area (Å²) in [5.41, 5.74) is 3.29. The van der Waals surface area contributed by atoms with Crippen molar-refractivity contribution < 1.29 is 10.0 Å². The summed E-state index contributed by atoms with van der Waals surface area (Å²) in [6, 6.07) is 6.48. The van der Waals surface area contributed by atoms with Gasteiger partial charge in [-0.15, -0.1) is 0 Å². The van der Waals surface area contributed by atoms with Gasteiger partial charge in [-0.1, -0.05) is 12.1 Å². The van der Waals surface area contributed by atoms with Gasteiger partial charge in [0.1, 0.15) is 5.69 Å². The summed E-state index contributed by atoms with van der Waals surface area (Å²) >= 11 is 0. The number of nitrogens with zero attached hydrogens (tertiary/aromatic N) is 1. The summed E-state index contributed by atoms with van der Waals surface area (Å²) in [7, 11) is 0. The van der Waals surface area contributed by atoms with Crippen LogP contribution in [0, 0.1) is 0 Å². The summed E-state index contributed by atoms with van der Waals surface area (Å²) in [6.07, 6.45) is 0. The Morgan fingerprint density at radius 3 is 2.92 bits per heavy atom. The lowest BCUT2D eigenvalue weighted by atomic mass is 10.2. The number of fused-ring (bicyclic) bond motifs is 1. The average molecular weight is 165 g/mol. The second-order valence-electron chi connectivity index (χ2n) is 2.39. The Labute approximate surface area is 68.5 Å². The maximum atomic E-state index is 10.8. The monoisotopic (exact) mass is 165 g/mol. The Hall–Kier alpha value is -1.75. The smallest absolute Gasteiger partial charge is 0.304 e. The molecule has 0 aromatic heterocycles. The highest BCUT2D eigenvalue weighted by molar-refractivity contribution is 5.96. The van der Waals surface area contributed by atoms with E-state index in [1.165, 1.54) is 0 Å². The molecule has 0 fully saturated rings. The first-order valence-corrected chi connectivity index (χ1v) is 3.43. The Balaban J connectivity index is 2.47. The minimum absolute atomic E-state index is 0.448. The molecular weight excluding hydrogens is 158 g/mol. The molecule has 12 heavy (non-hydrogen) atoms. The summed E-state index contributed by atoms with van der Waals surface area (Å²) in [5, 5.41) is 12.4. The van der Waals surface area contributed by atoms with Crippen LogP contribution in [-0.2, 0) is 0 Å². The molecule has 3 N–H and O–H groups in total. The molecule has 2 rings (SSSR count). The van der Waals surface area contributed by atoms with Gasteiger partial charge in [0.25, 0.3) is 0 Å². The quantitative estimate of drug-likeness (QED) is 0.535. The number of rotatable bonds is 0. The molecule has 1 aromatic rings. The zero-order valence-corrected chi connectivity index (χ0v) is 6.11. The molecular formula is C7H7N3O2. The third kappa shape index (κ3) is 0.960. The largest absolute Gasteiger partial charge is 0.340 e. The number of para-hydroxylation sites is 2. The molecule has 1 aliphatic heterocycles. The van der Waals surface area contributed by atoms with Crippen molar-refractivity contribution in [2.24, 2.45) is 0 Å². The molecule has 5 heteroatoms. The van der Waals surface area contributed by atoms with Crippen molar-refractivity contribution in [1.29, 1.82) is 0 Å². The first kappa shape index (κ1) is 6.93. The van der Waals surface area contributed by atoms with E-state index in [1.54, 1.807) is 24.3 Å². The summed E-state index contributed by atoms with van der Waals surface area (Å²) < 4.78 is 0. The van der Waals surface area contributed by atoms with E-state index < -0.39 is 6.03 Å². The highest BCUT2D eigenvalue weighted by Crippen LogP contribution is 2.25. The number of hydrogen-bond acceptors (Lipinski definition) is 3. The number of nitrogens with one attached hydrogen (secondary N) is 2. The number of urea groups is 1. The van der Waals surface area contributed by atoms with Crippen molar-refractivity contribution in [3.8, 4) is 0 Å². The van der Waals surface area contributed by atoms with Crippen LogP contribution in [0.1, 0.15) is 0 Å². The molecule has 0 aliphatic carbocycles. The number of benzene rings is 1. The van der Waals surface area contributed by atoms with E-state index in [0.29, 0.717) is 16.5 Å². The lowest BCUT2D eigenvalue weighted by molar-refractivity contribution is 0.200. The third-order valence-electron chi connectivity index (χ3n) is 1.59. The molecule has 5 nitrogen and oxygen atoms in total. The Morgan fingerprint density at radius 1 is 1.33 bits per heavy atom. The van der Waals surface area contributed by atoms with E-state index in [1.807, 2.05) is 0 Å². The average Bonchev–Trinajstić information content (AvgIpc) is 2.04. The van der Waals surface area contributed by atoms with Crippen molar-refractivity contribution in [2.75, 3.05) is 10.5 Å². The maximum absolute atomic E-state index is 10.8. The van der Waals surface area contributed by atoms with Gasteiger partial charge in [0.05, 0.1) is 5.69 Å². The fourth-order valence-electron chi connectivity index (χ4n) is 1.07. The van der Waals surface area contributed by atoms with Crippen LogP contribution >= 0.6 is 0 Å². The van der Waals surface area contributed by atoms with Crippen LogP contribution in [0.4, 0.5) is 16.2 Å². The number of amides is 2. The fourth-order valence-corrected chi connectivity index (χ4v) is 1.07. The number of carbonyl (C=O) groups excluding carboxylic acids is 1. The number of carbonyl (C=O) groups is 1. The van der Waals surface area contributed by atoms with Crippen LogP contribution < -0.4 is 15.9 Å². The predicted octanol–water partition coefficient (Wildman–Crippen LogP) is 0.932. The third-order valence-corrected chi connectivity index (χ3v) is 1.59. The van der Waals surface area contributed by atoms with Crippen molar-refractivity contribution in [3.63, 3.8) is 0 Å². The Kier molecular flexibility index (Phi) is 1.38. The number of hydrogen-bond donors (Lipinski definition) is 3. The zero-order chi connectivity index (χ0) is 8.55. The van der Waals surface area contributed by atoms with Gasteiger partial charge in [-0.2, -0.15) is 5.17 Å². The van der Waals surface area contributed by atoms with Gasteiger partial charge in [-0.25, -0.2) is 10.2 Å². The first-order valence-electron chi connectivity index (χ1n) is 3.43. The van der Waals surface area contributed by atoms with Gasteiger partial charge < -0.3 is 5.32 Å². The SMILES string of the molecule is O=C1Nc2ccccc2N(O)N1. The molecule has 0 atom stereocenters. The molecule has 1 heterocycles. The van der Waals surface area contributed by atoms with Crippen molar-refractivity contribution in [3.05, 3.63) is 24.3 Å². The molecule has 0 saturated carbocycles. The molecule has 0 spiro atoms. The van der Waals surface area contributed by atoms with E-state index >= 15 is 0 Å². The minimum atomic E-state index is -0.448. The molecule has 0 unspecified atom stereocenters. The second-order valence-corrected chi connectivity index (χ2v) is 2.39. The van der Waals surface area contributed by atoms with Gasteiger partial charge in [0, 0.05) is 0 Å². The van der Waals surface area contributed by atoms with Gasteiger partial charge in [0.2, 0.25) is 0 Å². The van der Waals surface area contributed by atoms with Crippen LogP contribution in [-0.4, -0.2) is 11.2 Å². The Bertz CT molecular complexity index is 326. The van der Waals surface area contributed by atoms with E-state index in [4.69, 9.17) is 0 Å².